The number of hydrogen-bond donors (Lipinski definition) is 1. The molecule has 1 aliphatic heterocycles. The second kappa shape index (κ2) is 4.29. The lowest BCUT2D eigenvalue weighted by Gasteiger charge is -2.14. The van der Waals surface area contributed by atoms with Crippen LogP contribution in [0.25, 0.3) is 0 Å². The van der Waals surface area contributed by atoms with Crippen molar-refractivity contribution in [3.05, 3.63) is 0 Å². The molecule has 16 heavy (non-hydrogen) atoms. The van der Waals surface area contributed by atoms with Crippen LogP contribution in [-0.2, 0) is 14.6 Å². The van der Waals surface area contributed by atoms with Crippen LogP contribution in [-0.4, -0.2) is 37.7 Å². The maximum Gasteiger partial charge on any atom is 0.224 e. The van der Waals surface area contributed by atoms with Gasteiger partial charge in [0.25, 0.3) is 0 Å². The van der Waals surface area contributed by atoms with E-state index in [0.29, 0.717) is 13.0 Å². The fourth-order valence-electron chi connectivity index (χ4n) is 1.96. The fourth-order valence-corrected chi connectivity index (χ4v) is 4.46. The number of hydrogen-bond acceptors (Lipinski definition) is 3. The molecule has 1 N–H and O–H groups in total. The third-order valence-electron chi connectivity index (χ3n) is 3.48. The molecule has 1 unspecified atom stereocenters. The molecule has 92 valence electrons. The zero-order valence-corrected chi connectivity index (χ0v) is 11.4. The highest BCUT2D eigenvalue weighted by molar-refractivity contribution is 9.09. The summed E-state index contributed by atoms with van der Waals surface area (Å²) < 4.78 is 22.5. The number of sulfone groups is 1. The number of halogens is 1. The minimum absolute atomic E-state index is 0.0279. The normalized spacial score (nSPS) is 29.9. The Labute approximate surface area is 104 Å². The van der Waals surface area contributed by atoms with Crippen molar-refractivity contribution in [1.29, 1.82) is 0 Å². The molecule has 1 amide bonds. The van der Waals surface area contributed by atoms with Crippen LogP contribution >= 0.6 is 15.9 Å². The molecule has 1 aliphatic carbocycles. The van der Waals surface area contributed by atoms with Crippen molar-refractivity contribution < 1.29 is 13.2 Å². The van der Waals surface area contributed by atoms with E-state index in [1.54, 1.807) is 0 Å². The Morgan fingerprint density at radius 3 is 2.56 bits per heavy atom. The predicted molar refractivity (Wildman–Crippen MR) is 65.2 cm³/mol. The van der Waals surface area contributed by atoms with E-state index in [4.69, 9.17) is 0 Å². The smallest absolute Gasteiger partial charge is 0.224 e. The molecule has 1 saturated heterocycles. The average Bonchev–Trinajstić information content (AvgIpc) is 2.93. The average molecular weight is 310 g/mol. The summed E-state index contributed by atoms with van der Waals surface area (Å²) in [5, 5.41) is 3.79. The van der Waals surface area contributed by atoms with Crippen molar-refractivity contribution in [2.75, 3.05) is 23.4 Å². The van der Waals surface area contributed by atoms with E-state index in [1.807, 2.05) is 0 Å². The van der Waals surface area contributed by atoms with Gasteiger partial charge < -0.3 is 5.32 Å². The minimum Gasteiger partial charge on any atom is -0.355 e. The zero-order chi connectivity index (χ0) is 11.8. The molecule has 1 heterocycles. The van der Waals surface area contributed by atoms with Gasteiger partial charge in [-0.1, -0.05) is 15.9 Å². The van der Waals surface area contributed by atoms with Crippen molar-refractivity contribution >= 4 is 31.7 Å². The summed E-state index contributed by atoms with van der Waals surface area (Å²) in [6.07, 6.45) is 2.76. The first kappa shape index (κ1) is 12.4. The van der Waals surface area contributed by atoms with Gasteiger partial charge in [0.2, 0.25) is 5.91 Å². The summed E-state index contributed by atoms with van der Waals surface area (Å²) in [6.45, 7) is 0.674. The maximum absolute atomic E-state index is 11.7. The Balaban J connectivity index is 1.81. The first-order valence-electron chi connectivity index (χ1n) is 5.51. The summed E-state index contributed by atoms with van der Waals surface area (Å²) >= 11 is 3.44. The van der Waals surface area contributed by atoms with Crippen LogP contribution in [0.4, 0.5) is 0 Å². The van der Waals surface area contributed by atoms with Crippen molar-refractivity contribution in [3.63, 3.8) is 0 Å². The third-order valence-corrected chi connectivity index (χ3v) is 6.44. The Hall–Kier alpha value is -0.100. The lowest BCUT2D eigenvalue weighted by molar-refractivity contribution is -0.124. The molecule has 2 fully saturated rings. The van der Waals surface area contributed by atoms with Gasteiger partial charge in [0.15, 0.2) is 9.84 Å². The van der Waals surface area contributed by atoms with Crippen molar-refractivity contribution in [3.8, 4) is 0 Å². The van der Waals surface area contributed by atoms with E-state index >= 15 is 0 Å². The minimum atomic E-state index is -2.95. The van der Waals surface area contributed by atoms with Crippen LogP contribution in [0.5, 0.6) is 0 Å². The SMILES string of the molecule is O=C(NCC1(CBr)CC1)C1CCS(=O)(=O)C1. The Kier molecular flexibility index (Phi) is 3.32. The first-order valence-corrected chi connectivity index (χ1v) is 8.45. The highest BCUT2D eigenvalue weighted by Gasteiger charge is 2.42. The number of carbonyl (C=O) groups excluding carboxylic acids is 1. The molecule has 2 aliphatic rings. The standard InChI is InChI=1S/C10H16BrNO3S/c11-6-10(2-3-10)7-12-9(13)8-1-4-16(14,15)5-8/h8H,1-7H2,(H,12,13). The van der Waals surface area contributed by atoms with E-state index in [0.717, 1.165) is 18.2 Å². The first-order chi connectivity index (χ1) is 7.46. The highest BCUT2D eigenvalue weighted by atomic mass is 79.9. The summed E-state index contributed by atoms with van der Waals surface area (Å²) in [6, 6.07) is 0. The van der Waals surface area contributed by atoms with Crippen molar-refractivity contribution in [2.24, 2.45) is 11.3 Å². The molecule has 4 nitrogen and oxygen atoms in total. The highest BCUT2D eigenvalue weighted by Crippen LogP contribution is 2.46. The second-order valence-corrected chi connectivity index (χ2v) is 7.74. The molecule has 1 saturated carbocycles. The fraction of sp³-hybridized carbons (Fsp3) is 0.900. The van der Waals surface area contributed by atoms with Gasteiger partial charge in [0, 0.05) is 11.9 Å². The lowest BCUT2D eigenvalue weighted by Crippen LogP contribution is -2.36. The molecular formula is C10H16BrNO3S. The molecule has 0 aromatic rings. The summed E-state index contributed by atoms with van der Waals surface area (Å²) in [5.74, 6) is -0.223. The molecule has 2 rings (SSSR count). The van der Waals surface area contributed by atoms with E-state index in [9.17, 15) is 13.2 Å². The van der Waals surface area contributed by atoms with Gasteiger partial charge in [-0.25, -0.2) is 8.42 Å². The second-order valence-electron chi connectivity index (χ2n) is 4.95. The van der Waals surface area contributed by atoms with Gasteiger partial charge in [0.1, 0.15) is 0 Å². The van der Waals surface area contributed by atoms with E-state index in [2.05, 4.69) is 21.2 Å². The zero-order valence-electron chi connectivity index (χ0n) is 9.04. The van der Waals surface area contributed by atoms with Gasteiger partial charge in [-0.05, 0) is 24.7 Å². The number of alkyl halides is 1. The van der Waals surface area contributed by atoms with Gasteiger partial charge >= 0.3 is 0 Å². The van der Waals surface area contributed by atoms with Crippen LogP contribution < -0.4 is 5.32 Å². The Morgan fingerprint density at radius 1 is 1.44 bits per heavy atom. The molecule has 0 aromatic carbocycles. The van der Waals surface area contributed by atoms with E-state index in [-0.39, 0.29) is 28.7 Å². The van der Waals surface area contributed by atoms with E-state index in [1.165, 1.54) is 0 Å². The van der Waals surface area contributed by atoms with Gasteiger partial charge in [-0.2, -0.15) is 0 Å². The van der Waals surface area contributed by atoms with Crippen LogP contribution in [0.3, 0.4) is 0 Å². The van der Waals surface area contributed by atoms with Crippen molar-refractivity contribution in [2.45, 2.75) is 19.3 Å². The topological polar surface area (TPSA) is 63.2 Å². The monoisotopic (exact) mass is 309 g/mol. The molecular weight excluding hydrogens is 294 g/mol. The number of rotatable bonds is 4. The maximum atomic E-state index is 11.7. The summed E-state index contributed by atoms with van der Waals surface area (Å²) in [7, 11) is -2.95. The number of amides is 1. The summed E-state index contributed by atoms with van der Waals surface area (Å²) in [5.41, 5.74) is 0.243. The molecule has 0 bridgehead atoms. The predicted octanol–water partition coefficient (Wildman–Crippen LogP) is 0.712. The van der Waals surface area contributed by atoms with Crippen LogP contribution in [0.2, 0.25) is 0 Å². The number of carbonyl (C=O) groups is 1. The molecule has 0 spiro atoms. The van der Waals surface area contributed by atoms with Gasteiger partial charge in [-0.15, -0.1) is 0 Å². The third kappa shape index (κ3) is 2.77. The molecule has 1 atom stereocenters. The number of nitrogens with one attached hydrogen (secondary N) is 1. The van der Waals surface area contributed by atoms with Gasteiger partial charge in [-0.3, -0.25) is 4.79 Å². The Morgan fingerprint density at radius 2 is 2.12 bits per heavy atom. The van der Waals surface area contributed by atoms with Crippen LogP contribution in [0.1, 0.15) is 19.3 Å². The molecule has 6 heteroatoms. The van der Waals surface area contributed by atoms with Gasteiger partial charge in [0.05, 0.1) is 17.4 Å². The summed E-state index contributed by atoms with van der Waals surface area (Å²) in [4.78, 5) is 11.7. The van der Waals surface area contributed by atoms with Crippen LogP contribution in [0.15, 0.2) is 0 Å². The Bertz CT molecular complexity index is 389. The van der Waals surface area contributed by atoms with E-state index < -0.39 is 9.84 Å². The largest absolute Gasteiger partial charge is 0.355 e. The van der Waals surface area contributed by atoms with Crippen molar-refractivity contribution in [1.82, 2.24) is 5.32 Å². The molecule has 0 radical (unpaired) electrons. The quantitative estimate of drug-likeness (QED) is 0.778. The molecule has 0 aromatic heterocycles. The van der Waals surface area contributed by atoms with Crippen LogP contribution in [0, 0.1) is 11.3 Å². The lowest BCUT2D eigenvalue weighted by atomic mass is 10.1.